The van der Waals surface area contributed by atoms with Crippen LogP contribution in [0.15, 0.2) is 18.2 Å². The molecule has 0 aliphatic heterocycles. The highest BCUT2D eigenvalue weighted by atomic mass is 35.5. The Balaban J connectivity index is 2.58. The van der Waals surface area contributed by atoms with E-state index < -0.39 is 0 Å². The number of hydrogen-bond acceptors (Lipinski definition) is 1. The van der Waals surface area contributed by atoms with Gasteiger partial charge >= 0.3 is 0 Å². The molecule has 1 aromatic rings. The van der Waals surface area contributed by atoms with Crippen molar-refractivity contribution in [2.45, 2.75) is 40.0 Å². The molecule has 0 radical (unpaired) electrons. The molecule has 3 heteroatoms. The van der Waals surface area contributed by atoms with E-state index in [2.05, 4.69) is 26.1 Å². The van der Waals surface area contributed by atoms with Crippen LogP contribution in [0.1, 0.15) is 39.2 Å². The van der Waals surface area contributed by atoms with Crippen molar-refractivity contribution in [1.82, 2.24) is 5.32 Å². The van der Waals surface area contributed by atoms with Crippen molar-refractivity contribution in [3.8, 4) is 0 Å². The summed E-state index contributed by atoms with van der Waals surface area (Å²) in [5, 5.41) is 5.14. The lowest BCUT2D eigenvalue weighted by molar-refractivity contribution is 0.421. The summed E-state index contributed by atoms with van der Waals surface area (Å²) in [7, 11) is 0. The number of halogens is 2. The molecule has 0 amide bonds. The largest absolute Gasteiger partial charge is 0.316 e. The lowest BCUT2D eigenvalue weighted by atomic mass is 9.94. The molecule has 1 N–H and O–H groups in total. The molecule has 108 valence electrons. The molecule has 0 saturated heterocycles. The number of hydrogen-bond donors (Lipinski definition) is 1. The van der Waals surface area contributed by atoms with Crippen LogP contribution >= 0.6 is 23.2 Å². The van der Waals surface area contributed by atoms with Gasteiger partial charge in [0.2, 0.25) is 0 Å². The third-order valence-electron chi connectivity index (χ3n) is 3.20. The molecule has 1 unspecified atom stereocenters. The van der Waals surface area contributed by atoms with E-state index in [0.29, 0.717) is 11.8 Å². The van der Waals surface area contributed by atoms with Gasteiger partial charge in [0.05, 0.1) is 0 Å². The molecule has 0 bridgehead atoms. The zero-order valence-corrected chi connectivity index (χ0v) is 13.7. The Bertz CT molecular complexity index is 377. The molecule has 19 heavy (non-hydrogen) atoms. The number of rotatable bonds is 8. The Morgan fingerprint density at radius 2 is 1.89 bits per heavy atom. The van der Waals surface area contributed by atoms with E-state index in [0.717, 1.165) is 29.6 Å². The average Bonchev–Trinajstić information content (AvgIpc) is 2.33. The van der Waals surface area contributed by atoms with Crippen molar-refractivity contribution in [3.05, 3.63) is 33.8 Å². The third-order valence-corrected chi connectivity index (χ3v) is 3.80. The minimum absolute atomic E-state index is 0.625. The lowest BCUT2D eigenvalue weighted by Gasteiger charge is -2.19. The molecule has 0 spiro atoms. The summed E-state index contributed by atoms with van der Waals surface area (Å²) in [5.74, 6) is 1.32. The minimum atomic E-state index is 0.625. The summed E-state index contributed by atoms with van der Waals surface area (Å²) in [4.78, 5) is 0. The van der Waals surface area contributed by atoms with Gasteiger partial charge in [0.25, 0.3) is 0 Å². The van der Waals surface area contributed by atoms with Crippen LogP contribution < -0.4 is 5.32 Å². The van der Waals surface area contributed by atoms with Crippen LogP contribution in [0.25, 0.3) is 0 Å². The standard InChI is InChI=1S/C16H25Cl2N/c1-4-5-13(11-19-10-12(2)3)8-14-9-15(17)6-7-16(14)18/h6-7,9,12-13,19H,4-5,8,10-11H2,1-3H3. The van der Waals surface area contributed by atoms with E-state index in [1.165, 1.54) is 18.4 Å². The lowest BCUT2D eigenvalue weighted by Crippen LogP contribution is -2.27. The molecular formula is C16H25Cl2N. The second-order valence-corrected chi connectivity index (χ2v) is 6.49. The normalized spacial score (nSPS) is 12.9. The van der Waals surface area contributed by atoms with Gasteiger partial charge in [-0.25, -0.2) is 0 Å². The molecule has 1 nitrogen and oxygen atoms in total. The topological polar surface area (TPSA) is 12.0 Å². The summed E-state index contributed by atoms with van der Waals surface area (Å²) in [6, 6.07) is 5.73. The quantitative estimate of drug-likeness (QED) is 0.696. The highest BCUT2D eigenvalue weighted by Crippen LogP contribution is 2.24. The van der Waals surface area contributed by atoms with Gasteiger partial charge in [0, 0.05) is 10.0 Å². The zero-order valence-electron chi connectivity index (χ0n) is 12.2. The molecule has 1 atom stereocenters. The summed E-state index contributed by atoms with van der Waals surface area (Å²) in [6.45, 7) is 8.82. The van der Waals surface area contributed by atoms with Crippen LogP contribution in [0, 0.1) is 11.8 Å². The number of benzene rings is 1. The summed E-state index contributed by atoms with van der Waals surface area (Å²) >= 11 is 12.3. The van der Waals surface area contributed by atoms with Crippen molar-refractivity contribution in [2.75, 3.05) is 13.1 Å². The predicted octanol–water partition coefficient (Wildman–Crippen LogP) is 5.20. The first-order chi connectivity index (χ1) is 9.02. The SMILES string of the molecule is CCCC(CNCC(C)C)Cc1cc(Cl)ccc1Cl. The molecule has 1 aromatic carbocycles. The average molecular weight is 302 g/mol. The van der Waals surface area contributed by atoms with Crippen LogP contribution in [0.5, 0.6) is 0 Å². The maximum atomic E-state index is 6.25. The van der Waals surface area contributed by atoms with Gasteiger partial charge in [-0.3, -0.25) is 0 Å². The van der Waals surface area contributed by atoms with E-state index in [9.17, 15) is 0 Å². The van der Waals surface area contributed by atoms with Crippen molar-refractivity contribution in [2.24, 2.45) is 11.8 Å². The first-order valence-corrected chi connectivity index (χ1v) is 7.93. The van der Waals surface area contributed by atoms with Crippen molar-refractivity contribution < 1.29 is 0 Å². The molecule has 0 saturated carbocycles. The Kier molecular flexibility index (Phi) is 7.82. The fourth-order valence-corrected chi connectivity index (χ4v) is 2.66. The van der Waals surface area contributed by atoms with Gasteiger partial charge in [-0.05, 0) is 61.5 Å². The zero-order chi connectivity index (χ0) is 14.3. The molecule has 0 aliphatic carbocycles. The van der Waals surface area contributed by atoms with E-state index in [1.807, 2.05) is 18.2 Å². The Hall–Kier alpha value is -0.240. The maximum absolute atomic E-state index is 6.25. The van der Waals surface area contributed by atoms with Crippen molar-refractivity contribution in [1.29, 1.82) is 0 Å². The Morgan fingerprint density at radius 3 is 2.53 bits per heavy atom. The van der Waals surface area contributed by atoms with Crippen LogP contribution in [0.3, 0.4) is 0 Å². The van der Waals surface area contributed by atoms with E-state index in [1.54, 1.807) is 0 Å². The summed E-state index contributed by atoms with van der Waals surface area (Å²) in [5.41, 5.74) is 1.17. The Morgan fingerprint density at radius 1 is 1.16 bits per heavy atom. The highest BCUT2D eigenvalue weighted by molar-refractivity contribution is 6.33. The van der Waals surface area contributed by atoms with Crippen molar-refractivity contribution in [3.63, 3.8) is 0 Å². The second kappa shape index (κ2) is 8.84. The van der Waals surface area contributed by atoms with Crippen LogP contribution in [0.2, 0.25) is 10.0 Å². The summed E-state index contributed by atoms with van der Waals surface area (Å²) < 4.78 is 0. The van der Waals surface area contributed by atoms with E-state index >= 15 is 0 Å². The van der Waals surface area contributed by atoms with E-state index in [4.69, 9.17) is 23.2 Å². The molecule has 0 aromatic heterocycles. The molecular weight excluding hydrogens is 277 g/mol. The van der Waals surface area contributed by atoms with Crippen LogP contribution in [-0.4, -0.2) is 13.1 Å². The first-order valence-electron chi connectivity index (χ1n) is 7.17. The number of nitrogens with one attached hydrogen (secondary N) is 1. The van der Waals surface area contributed by atoms with Gasteiger partial charge in [-0.15, -0.1) is 0 Å². The fourth-order valence-electron chi connectivity index (χ4n) is 2.27. The maximum Gasteiger partial charge on any atom is 0.0439 e. The van der Waals surface area contributed by atoms with Gasteiger partial charge in [-0.1, -0.05) is 50.4 Å². The van der Waals surface area contributed by atoms with Crippen LogP contribution in [-0.2, 0) is 6.42 Å². The molecule has 0 fully saturated rings. The smallest absolute Gasteiger partial charge is 0.0439 e. The molecule has 0 heterocycles. The first kappa shape index (κ1) is 16.8. The highest BCUT2D eigenvalue weighted by Gasteiger charge is 2.11. The van der Waals surface area contributed by atoms with Crippen LogP contribution in [0.4, 0.5) is 0 Å². The van der Waals surface area contributed by atoms with Gasteiger partial charge in [-0.2, -0.15) is 0 Å². The predicted molar refractivity (Wildman–Crippen MR) is 86.3 cm³/mol. The second-order valence-electron chi connectivity index (χ2n) is 5.65. The van der Waals surface area contributed by atoms with Gasteiger partial charge in [0.1, 0.15) is 0 Å². The molecule has 0 aliphatic rings. The third kappa shape index (κ3) is 6.65. The monoisotopic (exact) mass is 301 g/mol. The molecule has 1 rings (SSSR count). The minimum Gasteiger partial charge on any atom is -0.316 e. The Labute approximate surface area is 127 Å². The van der Waals surface area contributed by atoms with Gasteiger partial charge in [0.15, 0.2) is 0 Å². The summed E-state index contributed by atoms with van der Waals surface area (Å²) in [6.07, 6.45) is 3.42. The van der Waals surface area contributed by atoms with Crippen molar-refractivity contribution >= 4 is 23.2 Å². The van der Waals surface area contributed by atoms with Gasteiger partial charge < -0.3 is 5.32 Å². The van der Waals surface area contributed by atoms with E-state index in [-0.39, 0.29) is 0 Å². The fraction of sp³-hybridized carbons (Fsp3) is 0.625.